The minimum Gasteiger partial charge on any atom is -0.478 e. The van der Waals surface area contributed by atoms with E-state index in [2.05, 4.69) is 5.32 Å². The summed E-state index contributed by atoms with van der Waals surface area (Å²) < 4.78 is 5.49. The first-order valence-corrected chi connectivity index (χ1v) is 7.89. The van der Waals surface area contributed by atoms with E-state index in [1.807, 2.05) is 0 Å². The fraction of sp³-hybridized carbons (Fsp3) is 0.467. The van der Waals surface area contributed by atoms with E-state index in [1.165, 1.54) is 30.3 Å². The van der Waals surface area contributed by atoms with Crippen molar-refractivity contribution >= 4 is 29.3 Å². The molecule has 21 heavy (non-hydrogen) atoms. The predicted molar refractivity (Wildman–Crippen MR) is 81.5 cm³/mol. The molecule has 0 bridgehead atoms. The van der Waals surface area contributed by atoms with Crippen molar-refractivity contribution in [3.05, 3.63) is 28.0 Å². The Balaban J connectivity index is 1.69. The van der Waals surface area contributed by atoms with Crippen molar-refractivity contribution in [1.29, 1.82) is 0 Å². The Morgan fingerprint density at radius 3 is 3.00 bits per heavy atom. The first kappa shape index (κ1) is 15.7. The zero-order chi connectivity index (χ0) is 15.1. The molecule has 0 unspecified atom stereocenters. The van der Waals surface area contributed by atoms with Gasteiger partial charge in [0.1, 0.15) is 0 Å². The molecule has 114 valence electrons. The van der Waals surface area contributed by atoms with Crippen LogP contribution in [0.4, 0.5) is 0 Å². The van der Waals surface area contributed by atoms with Gasteiger partial charge in [-0.2, -0.15) is 0 Å². The molecule has 1 aromatic rings. The number of amides is 1. The number of carbonyl (C=O) groups is 2. The first-order chi connectivity index (χ1) is 10.2. The van der Waals surface area contributed by atoms with E-state index in [-0.39, 0.29) is 5.91 Å². The van der Waals surface area contributed by atoms with Gasteiger partial charge in [-0.25, -0.2) is 4.79 Å². The average Bonchev–Trinajstić information content (AvgIpc) is 3.15. The van der Waals surface area contributed by atoms with Gasteiger partial charge in [0, 0.05) is 25.8 Å². The highest BCUT2D eigenvalue weighted by Crippen LogP contribution is 2.28. The predicted octanol–water partition coefficient (Wildman–Crippen LogP) is 2.39. The maximum absolute atomic E-state index is 12.0. The van der Waals surface area contributed by atoms with Gasteiger partial charge in [0.15, 0.2) is 0 Å². The Bertz CT molecular complexity index is 519. The van der Waals surface area contributed by atoms with E-state index in [0.717, 1.165) is 25.0 Å². The van der Waals surface area contributed by atoms with Gasteiger partial charge in [-0.3, -0.25) is 4.79 Å². The molecule has 1 saturated carbocycles. The molecule has 2 rings (SSSR count). The summed E-state index contributed by atoms with van der Waals surface area (Å²) in [5.41, 5.74) is 0.630. The Hall–Kier alpha value is -1.66. The molecule has 2 N–H and O–H groups in total. The summed E-state index contributed by atoms with van der Waals surface area (Å²) in [4.78, 5) is 23.0. The normalized spacial score (nSPS) is 14.5. The minimum absolute atomic E-state index is 0.169. The van der Waals surface area contributed by atoms with Gasteiger partial charge in [-0.05, 0) is 48.3 Å². The highest BCUT2D eigenvalue weighted by Gasteiger charge is 2.20. The Labute approximate surface area is 127 Å². The summed E-state index contributed by atoms with van der Waals surface area (Å²) in [7, 11) is 0. The molecule has 0 radical (unpaired) electrons. The number of ether oxygens (including phenoxy) is 1. The molecule has 0 saturated heterocycles. The second-order valence-corrected chi connectivity index (χ2v) is 5.92. The third kappa shape index (κ3) is 5.69. The first-order valence-electron chi connectivity index (χ1n) is 7.01. The van der Waals surface area contributed by atoms with Gasteiger partial charge in [0.05, 0.1) is 4.88 Å². The lowest BCUT2D eigenvalue weighted by molar-refractivity contribution is -0.131. The van der Waals surface area contributed by atoms with Crippen LogP contribution >= 0.6 is 11.3 Å². The number of carbonyl (C=O) groups excluding carboxylic acids is 1. The average molecular weight is 309 g/mol. The van der Waals surface area contributed by atoms with Gasteiger partial charge >= 0.3 is 5.97 Å². The zero-order valence-corrected chi connectivity index (χ0v) is 12.5. The quantitative estimate of drug-likeness (QED) is 0.542. The van der Waals surface area contributed by atoms with Crippen LogP contribution in [0.25, 0.3) is 6.08 Å². The summed E-state index contributed by atoms with van der Waals surface area (Å²) in [6.45, 7) is 2.06. The van der Waals surface area contributed by atoms with Crippen molar-refractivity contribution in [2.24, 2.45) is 5.92 Å². The fourth-order valence-corrected chi connectivity index (χ4v) is 2.59. The van der Waals surface area contributed by atoms with Crippen molar-refractivity contribution in [2.75, 3.05) is 19.8 Å². The minimum atomic E-state index is -1.03. The summed E-state index contributed by atoms with van der Waals surface area (Å²) in [5.74, 6) is -0.438. The molecule has 0 atom stereocenters. The smallest absolute Gasteiger partial charge is 0.328 e. The zero-order valence-electron chi connectivity index (χ0n) is 11.7. The standard InChI is InChI=1S/C15H19NO4S/c17-13(18)5-4-12-6-9-21-14(12)15(19)16-7-1-8-20-10-11-2-3-11/h4-6,9,11H,1-3,7-8,10H2,(H,16,19)(H,17,18)/b5-4+. The van der Waals surface area contributed by atoms with Crippen LogP contribution in [0.5, 0.6) is 0 Å². The largest absolute Gasteiger partial charge is 0.478 e. The molecule has 1 aliphatic rings. The van der Waals surface area contributed by atoms with Crippen molar-refractivity contribution in [3.63, 3.8) is 0 Å². The number of aliphatic carboxylic acids is 1. The number of carboxylic acids is 1. The molecular formula is C15H19NO4S. The lowest BCUT2D eigenvalue weighted by Gasteiger charge is -2.05. The molecule has 0 aromatic carbocycles. The Kier molecular flexibility index (Phi) is 5.95. The lowest BCUT2D eigenvalue weighted by Crippen LogP contribution is -2.25. The van der Waals surface area contributed by atoms with Crippen LogP contribution in [0.15, 0.2) is 17.5 Å². The second-order valence-electron chi connectivity index (χ2n) is 5.00. The summed E-state index contributed by atoms with van der Waals surface area (Å²) >= 11 is 1.30. The van der Waals surface area contributed by atoms with Crippen molar-refractivity contribution < 1.29 is 19.4 Å². The molecule has 0 spiro atoms. The van der Waals surface area contributed by atoms with Crippen molar-refractivity contribution in [1.82, 2.24) is 5.32 Å². The third-order valence-corrected chi connectivity index (χ3v) is 4.04. The summed E-state index contributed by atoms with van der Waals surface area (Å²) in [5, 5.41) is 13.2. The lowest BCUT2D eigenvalue weighted by atomic mass is 10.2. The molecule has 0 aliphatic heterocycles. The Morgan fingerprint density at radius 2 is 2.29 bits per heavy atom. The van der Waals surface area contributed by atoms with Gasteiger partial charge in [-0.1, -0.05) is 0 Å². The summed E-state index contributed by atoms with van der Waals surface area (Å²) in [6.07, 6.45) is 5.81. The highest BCUT2D eigenvalue weighted by atomic mass is 32.1. The van der Waals surface area contributed by atoms with Gasteiger partial charge < -0.3 is 15.2 Å². The van der Waals surface area contributed by atoms with E-state index in [9.17, 15) is 9.59 Å². The van der Waals surface area contributed by atoms with E-state index in [1.54, 1.807) is 11.4 Å². The van der Waals surface area contributed by atoms with Gasteiger partial charge in [0.25, 0.3) is 5.91 Å². The van der Waals surface area contributed by atoms with Crippen LogP contribution < -0.4 is 5.32 Å². The van der Waals surface area contributed by atoms with Gasteiger partial charge in [0.2, 0.25) is 0 Å². The number of nitrogens with one attached hydrogen (secondary N) is 1. The van der Waals surface area contributed by atoms with Crippen LogP contribution in [-0.4, -0.2) is 36.7 Å². The molecule has 1 aromatic heterocycles. The maximum Gasteiger partial charge on any atom is 0.328 e. The van der Waals surface area contributed by atoms with E-state index >= 15 is 0 Å². The molecule has 1 amide bonds. The van der Waals surface area contributed by atoms with E-state index in [4.69, 9.17) is 9.84 Å². The molecule has 1 fully saturated rings. The number of rotatable bonds is 9. The van der Waals surface area contributed by atoms with Crippen LogP contribution in [0.3, 0.4) is 0 Å². The SMILES string of the molecule is O=C(O)/C=C/c1ccsc1C(=O)NCCCOCC1CC1. The number of thiophene rings is 1. The van der Waals surface area contributed by atoms with Gasteiger partial charge in [-0.15, -0.1) is 11.3 Å². The van der Waals surface area contributed by atoms with Crippen LogP contribution in [0.1, 0.15) is 34.5 Å². The number of hydrogen-bond donors (Lipinski definition) is 2. The summed E-state index contributed by atoms with van der Waals surface area (Å²) in [6, 6.07) is 1.73. The molecule has 5 nitrogen and oxygen atoms in total. The topological polar surface area (TPSA) is 75.6 Å². The molecule has 6 heteroatoms. The maximum atomic E-state index is 12.0. The van der Waals surface area contributed by atoms with Crippen molar-refractivity contribution in [2.45, 2.75) is 19.3 Å². The third-order valence-electron chi connectivity index (χ3n) is 3.11. The monoisotopic (exact) mass is 309 g/mol. The molecule has 1 heterocycles. The van der Waals surface area contributed by atoms with E-state index < -0.39 is 5.97 Å². The highest BCUT2D eigenvalue weighted by molar-refractivity contribution is 7.12. The fourth-order valence-electron chi connectivity index (χ4n) is 1.79. The Morgan fingerprint density at radius 1 is 1.48 bits per heavy atom. The van der Waals surface area contributed by atoms with E-state index in [0.29, 0.717) is 23.6 Å². The number of hydrogen-bond acceptors (Lipinski definition) is 4. The van der Waals surface area contributed by atoms with Crippen LogP contribution in [-0.2, 0) is 9.53 Å². The molecule has 1 aliphatic carbocycles. The number of carboxylic acid groups (broad SMARTS) is 1. The van der Waals surface area contributed by atoms with Crippen molar-refractivity contribution in [3.8, 4) is 0 Å². The van der Waals surface area contributed by atoms with Crippen LogP contribution in [0.2, 0.25) is 0 Å². The van der Waals surface area contributed by atoms with Crippen LogP contribution in [0, 0.1) is 5.92 Å². The molecular weight excluding hydrogens is 290 g/mol. The second kappa shape index (κ2) is 7.95.